The zero-order valence-corrected chi connectivity index (χ0v) is 10.8. The third kappa shape index (κ3) is 3.78. The van der Waals surface area contributed by atoms with Gasteiger partial charge in [-0.2, -0.15) is 0 Å². The second-order valence-electron chi connectivity index (χ2n) is 4.56. The molecular formula is C13H20N4O. The molecule has 18 heavy (non-hydrogen) atoms. The van der Waals surface area contributed by atoms with E-state index in [0.717, 1.165) is 44.0 Å². The number of nitrogens with zero attached hydrogens (tertiary/aromatic N) is 2. The van der Waals surface area contributed by atoms with Crippen LogP contribution in [0.4, 0.5) is 5.69 Å². The molecule has 5 nitrogen and oxygen atoms in total. The molecule has 1 aromatic heterocycles. The first-order valence-electron chi connectivity index (χ1n) is 6.40. The Morgan fingerprint density at radius 3 is 3.22 bits per heavy atom. The topological polar surface area (TPSA) is 57.3 Å². The maximum atomic E-state index is 11.9. The summed E-state index contributed by atoms with van der Waals surface area (Å²) >= 11 is 0. The molecule has 2 rings (SSSR count). The predicted octanol–water partition coefficient (Wildman–Crippen LogP) is 0.624. The van der Waals surface area contributed by atoms with Crippen LogP contribution in [0.2, 0.25) is 0 Å². The number of carbonyl (C=O) groups excluding carboxylic acids is 1. The number of aryl methyl sites for hydroxylation is 1. The highest BCUT2D eigenvalue weighted by molar-refractivity contribution is 5.92. The van der Waals surface area contributed by atoms with Gasteiger partial charge in [-0.1, -0.05) is 0 Å². The summed E-state index contributed by atoms with van der Waals surface area (Å²) in [5.41, 5.74) is 1.65. The summed E-state index contributed by atoms with van der Waals surface area (Å²) in [5, 5.41) is 6.24. The van der Waals surface area contributed by atoms with Gasteiger partial charge in [-0.15, -0.1) is 0 Å². The molecule has 5 heteroatoms. The minimum atomic E-state index is 0.0352. The molecule has 2 N–H and O–H groups in total. The number of pyridine rings is 1. The quantitative estimate of drug-likeness (QED) is 0.823. The van der Waals surface area contributed by atoms with E-state index in [1.807, 2.05) is 19.1 Å². The van der Waals surface area contributed by atoms with Crippen molar-refractivity contribution in [1.29, 1.82) is 0 Å². The van der Waals surface area contributed by atoms with Gasteiger partial charge in [-0.25, -0.2) is 0 Å². The Hall–Kier alpha value is -1.46. The molecule has 1 saturated heterocycles. The number of hydrogen-bond donors (Lipinski definition) is 2. The number of nitrogens with one attached hydrogen (secondary N) is 2. The van der Waals surface area contributed by atoms with Crippen molar-refractivity contribution in [2.24, 2.45) is 0 Å². The van der Waals surface area contributed by atoms with Gasteiger partial charge in [0.2, 0.25) is 5.91 Å². The van der Waals surface area contributed by atoms with Crippen LogP contribution in [0.3, 0.4) is 0 Å². The van der Waals surface area contributed by atoms with Crippen LogP contribution in [-0.4, -0.2) is 48.5 Å². The fourth-order valence-corrected chi connectivity index (χ4v) is 2.07. The molecule has 0 unspecified atom stereocenters. The van der Waals surface area contributed by atoms with Crippen LogP contribution < -0.4 is 10.6 Å². The maximum absolute atomic E-state index is 11.9. The van der Waals surface area contributed by atoms with Crippen molar-refractivity contribution in [1.82, 2.24) is 15.2 Å². The monoisotopic (exact) mass is 248 g/mol. The van der Waals surface area contributed by atoms with Crippen LogP contribution in [-0.2, 0) is 4.79 Å². The Morgan fingerprint density at radius 2 is 2.39 bits per heavy atom. The molecule has 1 amide bonds. The van der Waals surface area contributed by atoms with Crippen molar-refractivity contribution < 1.29 is 4.79 Å². The van der Waals surface area contributed by atoms with E-state index >= 15 is 0 Å². The molecule has 1 fully saturated rings. The summed E-state index contributed by atoms with van der Waals surface area (Å²) in [5.74, 6) is 0.0352. The first-order chi connectivity index (χ1) is 8.75. The van der Waals surface area contributed by atoms with E-state index in [4.69, 9.17) is 0 Å². The fourth-order valence-electron chi connectivity index (χ4n) is 2.07. The van der Waals surface area contributed by atoms with Crippen LogP contribution in [0, 0.1) is 6.92 Å². The van der Waals surface area contributed by atoms with Gasteiger partial charge in [-0.05, 0) is 38.6 Å². The van der Waals surface area contributed by atoms with E-state index in [9.17, 15) is 4.79 Å². The van der Waals surface area contributed by atoms with E-state index in [1.165, 1.54) is 0 Å². The van der Waals surface area contributed by atoms with E-state index < -0.39 is 0 Å². The summed E-state index contributed by atoms with van der Waals surface area (Å²) in [4.78, 5) is 18.3. The summed E-state index contributed by atoms with van der Waals surface area (Å²) in [6, 6.07) is 3.71. The fraction of sp³-hybridized carbons (Fsp3) is 0.538. The zero-order valence-electron chi connectivity index (χ0n) is 10.8. The Morgan fingerprint density at radius 1 is 1.50 bits per heavy atom. The van der Waals surface area contributed by atoms with Crippen molar-refractivity contribution >= 4 is 11.6 Å². The van der Waals surface area contributed by atoms with Crippen molar-refractivity contribution in [3.05, 3.63) is 24.0 Å². The Kier molecular flexibility index (Phi) is 4.66. The van der Waals surface area contributed by atoms with Gasteiger partial charge in [0.1, 0.15) is 0 Å². The van der Waals surface area contributed by atoms with Gasteiger partial charge in [0.05, 0.1) is 17.9 Å². The van der Waals surface area contributed by atoms with E-state index in [0.29, 0.717) is 6.54 Å². The number of amides is 1. The lowest BCUT2D eigenvalue weighted by atomic mass is 10.3. The lowest BCUT2D eigenvalue weighted by Gasteiger charge is -2.18. The minimum Gasteiger partial charge on any atom is -0.323 e. The molecule has 0 bridgehead atoms. The first kappa shape index (κ1) is 13.0. The summed E-state index contributed by atoms with van der Waals surface area (Å²) in [6.07, 6.45) is 2.82. The molecule has 0 spiro atoms. The average Bonchev–Trinajstić information content (AvgIpc) is 2.61. The average molecular weight is 248 g/mol. The normalized spacial score (nSPS) is 17.2. The molecule has 0 atom stereocenters. The standard InChI is InChI=1S/C13H20N4O/c1-11-12(4-2-6-15-11)16-13(18)10-17-8-3-5-14-7-9-17/h2,4,6,14H,3,5,7-10H2,1H3,(H,16,18). The SMILES string of the molecule is Cc1ncccc1NC(=O)CN1CCCNCC1. The van der Waals surface area contributed by atoms with Crippen molar-refractivity contribution in [3.8, 4) is 0 Å². The molecule has 2 heterocycles. The van der Waals surface area contributed by atoms with E-state index in [2.05, 4.69) is 20.5 Å². The molecule has 1 aliphatic heterocycles. The second kappa shape index (κ2) is 6.47. The lowest BCUT2D eigenvalue weighted by Crippen LogP contribution is -2.35. The Bertz CT molecular complexity index is 400. The van der Waals surface area contributed by atoms with Crippen molar-refractivity contribution in [3.63, 3.8) is 0 Å². The smallest absolute Gasteiger partial charge is 0.238 e. The number of rotatable bonds is 3. The molecule has 98 valence electrons. The Balaban J connectivity index is 1.86. The molecule has 0 saturated carbocycles. The summed E-state index contributed by atoms with van der Waals surface area (Å²) in [7, 11) is 0. The number of hydrogen-bond acceptors (Lipinski definition) is 4. The van der Waals surface area contributed by atoms with Gasteiger partial charge in [-0.3, -0.25) is 14.7 Å². The lowest BCUT2D eigenvalue weighted by molar-refractivity contribution is -0.117. The number of aromatic nitrogens is 1. The zero-order chi connectivity index (χ0) is 12.8. The number of carbonyl (C=O) groups is 1. The minimum absolute atomic E-state index is 0.0352. The van der Waals surface area contributed by atoms with Crippen LogP contribution in [0.5, 0.6) is 0 Å². The highest BCUT2D eigenvalue weighted by Gasteiger charge is 2.13. The van der Waals surface area contributed by atoms with Gasteiger partial charge in [0, 0.05) is 19.3 Å². The third-order valence-electron chi connectivity index (χ3n) is 3.08. The van der Waals surface area contributed by atoms with Gasteiger partial charge in [0.25, 0.3) is 0 Å². The highest BCUT2D eigenvalue weighted by Crippen LogP contribution is 2.10. The summed E-state index contributed by atoms with van der Waals surface area (Å²) < 4.78 is 0. The van der Waals surface area contributed by atoms with E-state index in [1.54, 1.807) is 6.20 Å². The van der Waals surface area contributed by atoms with Gasteiger partial charge < -0.3 is 10.6 Å². The van der Waals surface area contributed by atoms with Gasteiger partial charge in [0.15, 0.2) is 0 Å². The third-order valence-corrected chi connectivity index (χ3v) is 3.08. The molecule has 0 aliphatic carbocycles. The Labute approximate surface area is 108 Å². The molecular weight excluding hydrogens is 228 g/mol. The van der Waals surface area contributed by atoms with Crippen LogP contribution in [0.15, 0.2) is 18.3 Å². The van der Waals surface area contributed by atoms with Crippen LogP contribution in [0.1, 0.15) is 12.1 Å². The summed E-state index contributed by atoms with van der Waals surface area (Å²) in [6.45, 7) is 6.26. The second-order valence-corrected chi connectivity index (χ2v) is 4.56. The molecule has 1 aliphatic rings. The first-order valence-corrected chi connectivity index (χ1v) is 6.40. The van der Waals surface area contributed by atoms with Crippen LogP contribution in [0.25, 0.3) is 0 Å². The largest absolute Gasteiger partial charge is 0.323 e. The van der Waals surface area contributed by atoms with Gasteiger partial charge >= 0.3 is 0 Å². The highest BCUT2D eigenvalue weighted by atomic mass is 16.2. The molecule has 0 radical (unpaired) electrons. The van der Waals surface area contributed by atoms with Crippen LogP contribution >= 0.6 is 0 Å². The molecule has 1 aromatic rings. The van der Waals surface area contributed by atoms with Crippen molar-refractivity contribution in [2.75, 3.05) is 38.0 Å². The maximum Gasteiger partial charge on any atom is 0.238 e. The number of anilines is 1. The predicted molar refractivity (Wildman–Crippen MR) is 71.5 cm³/mol. The van der Waals surface area contributed by atoms with E-state index in [-0.39, 0.29) is 5.91 Å². The molecule has 0 aromatic carbocycles. The van der Waals surface area contributed by atoms with Crippen molar-refractivity contribution in [2.45, 2.75) is 13.3 Å².